The van der Waals surface area contributed by atoms with Gasteiger partial charge in [-0.05, 0) is 143 Å². The number of rotatable bonds is 3. The Labute approximate surface area is 214 Å². The van der Waals surface area contributed by atoms with E-state index < -0.39 is 0 Å². The number of hydrogen-bond acceptors (Lipinski definition) is 1. The molecule has 0 heterocycles. The second-order valence-electron chi connectivity index (χ2n) is 4.20. The van der Waals surface area contributed by atoms with Gasteiger partial charge in [-0.1, -0.05) is 12.7 Å². The topological polar surface area (TPSA) is 9.23 Å². The molecule has 2 aromatic rings. The Kier molecular flexibility index (Phi) is 8.66. The van der Waals surface area contributed by atoms with Gasteiger partial charge in [-0.25, -0.2) is 0 Å². The van der Waals surface area contributed by atoms with Crippen LogP contribution in [0.4, 0.5) is 0 Å². The van der Waals surface area contributed by atoms with E-state index in [0.717, 1.165) is 45.8 Å². The Morgan fingerprint density at radius 1 is 0.500 bits per heavy atom. The molecule has 0 atom stereocenters. The normalized spacial score (nSPS) is 10.9. The second kappa shape index (κ2) is 9.20. The lowest BCUT2D eigenvalue weighted by Crippen LogP contribution is -1.95. The molecule has 2 rings (SSSR count). The molecule has 0 saturated carbocycles. The molecule has 0 bridgehead atoms. The molecule has 0 aliphatic rings. The molecule has 0 aromatic heterocycles. The molecule has 0 aliphatic heterocycles. The molecule has 0 aliphatic carbocycles. The highest BCUT2D eigenvalue weighted by Gasteiger charge is 2.24. The summed E-state index contributed by atoms with van der Waals surface area (Å²) in [5.41, 5.74) is 0.914. The minimum Gasteiger partial charge on any atom is -0.452 e. The first-order chi connectivity index (χ1) is 11.1. The number of ether oxygens (including phenoxy) is 1. The van der Waals surface area contributed by atoms with E-state index in [4.69, 9.17) is 4.74 Å². The highest BCUT2D eigenvalue weighted by Crippen LogP contribution is 2.53. The van der Waals surface area contributed by atoms with Crippen molar-refractivity contribution in [2.24, 2.45) is 0 Å². The summed E-state index contributed by atoms with van der Waals surface area (Å²) in [5, 5.41) is 0. The molecule has 0 spiro atoms. The van der Waals surface area contributed by atoms with Gasteiger partial charge in [0.1, 0.15) is 0 Å². The standard InChI is InChI=1S/C14H3Br9O/c1-2-3-4(15)9(20)13(10(21)5(3)16)24-14-11(22)7(18)6(17)8(19)12(14)23/h2H,1H2. The maximum absolute atomic E-state index is 6.22. The van der Waals surface area contributed by atoms with Gasteiger partial charge >= 0.3 is 0 Å². The highest BCUT2D eigenvalue weighted by molar-refractivity contribution is 9.16. The highest BCUT2D eigenvalue weighted by atomic mass is 79.9. The summed E-state index contributed by atoms with van der Waals surface area (Å²) < 4.78 is 13.5. The van der Waals surface area contributed by atoms with Gasteiger partial charge in [0.05, 0.1) is 26.8 Å². The summed E-state index contributed by atoms with van der Waals surface area (Å²) in [6, 6.07) is 0. The molecule has 0 fully saturated rings. The fraction of sp³-hybridized carbons (Fsp3) is 0. The van der Waals surface area contributed by atoms with Gasteiger partial charge in [0.25, 0.3) is 0 Å². The zero-order valence-corrected chi connectivity index (χ0v) is 25.4. The monoisotopic (exact) mass is 897 g/mol. The first kappa shape index (κ1) is 22.6. The van der Waals surface area contributed by atoms with Crippen LogP contribution in [0.15, 0.2) is 46.8 Å². The summed E-state index contributed by atoms with van der Waals surface area (Å²) >= 11 is 32.0. The predicted octanol–water partition coefficient (Wildman–Crippen LogP) is 11.0. The van der Waals surface area contributed by atoms with Gasteiger partial charge in [0.2, 0.25) is 0 Å². The van der Waals surface area contributed by atoms with E-state index in [0.29, 0.717) is 11.5 Å². The number of benzene rings is 2. The molecular formula is C14H3Br9O. The largest absolute Gasteiger partial charge is 0.452 e. The Bertz CT molecular complexity index is 802. The van der Waals surface area contributed by atoms with Gasteiger partial charge < -0.3 is 4.74 Å². The van der Waals surface area contributed by atoms with Gasteiger partial charge in [-0.3, -0.25) is 0 Å². The Balaban J connectivity index is 2.73. The molecular weight excluding hydrogens is 903 g/mol. The molecule has 1 nitrogen and oxygen atoms in total. The van der Waals surface area contributed by atoms with Gasteiger partial charge in [0.15, 0.2) is 11.5 Å². The van der Waals surface area contributed by atoms with Crippen molar-refractivity contribution in [3.05, 3.63) is 52.4 Å². The summed E-state index contributed by atoms with van der Waals surface area (Å²) in [6.07, 6.45) is 1.76. The fourth-order valence-corrected chi connectivity index (χ4v) is 7.44. The fourth-order valence-electron chi connectivity index (χ4n) is 1.67. The number of halogens is 9. The third-order valence-electron chi connectivity index (χ3n) is 2.83. The van der Waals surface area contributed by atoms with E-state index in [1.807, 2.05) is 0 Å². The zero-order chi connectivity index (χ0) is 18.3. The number of hydrogen-bond donors (Lipinski definition) is 0. The average Bonchev–Trinajstić information content (AvgIpc) is 2.56. The van der Waals surface area contributed by atoms with Gasteiger partial charge in [-0.2, -0.15) is 0 Å². The van der Waals surface area contributed by atoms with E-state index >= 15 is 0 Å². The van der Waals surface area contributed by atoms with Crippen molar-refractivity contribution in [1.82, 2.24) is 0 Å². The smallest absolute Gasteiger partial charge is 0.158 e. The molecule has 0 N–H and O–H groups in total. The zero-order valence-electron chi connectivity index (χ0n) is 11.1. The van der Waals surface area contributed by atoms with E-state index in [9.17, 15) is 0 Å². The second-order valence-corrected chi connectivity index (χ2v) is 11.3. The van der Waals surface area contributed by atoms with Crippen molar-refractivity contribution in [2.75, 3.05) is 0 Å². The first-order valence-electron chi connectivity index (χ1n) is 5.81. The van der Waals surface area contributed by atoms with Crippen LogP contribution in [0.25, 0.3) is 6.08 Å². The lowest BCUT2D eigenvalue weighted by molar-refractivity contribution is 0.468. The van der Waals surface area contributed by atoms with Crippen LogP contribution < -0.4 is 4.74 Å². The third kappa shape index (κ3) is 4.16. The van der Waals surface area contributed by atoms with Gasteiger partial charge in [-0.15, -0.1) is 0 Å². The molecule has 0 unspecified atom stereocenters. The molecule has 128 valence electrons. The van der Waals surface area contributed by atoms with Crippen molar-refractivity contribution >= 4 is 149 Å². The minimum atomic E-state index is 0.613. The van der Waals surface area contributed by atoms with Crippen LogP contribution in [0.1, 0.15) is 5.56 Å². The molecule has 24 heavy (non-hydrogen) atoms. The van der Waals surface area contributed by atoms with Crippen LogP contribution in [-0.2, 0) is 0 Å². The van der Waals surface area contributed by atoms with Crippen LogP contribution in [0.5, 0.6) is 11.5 Å². The summed E-state index contributed by atoms with van der Waals surface area (Å²) in [4.78, 5) is 0. The van der Waals surface area contributed by atoms with Crippen molar-refractivity contribution in [1.29, 1.82) is 0 Å². The van der Waals surface area contributed by atoms with Crippen molar-refractivity contribution in [3.63, 3.8) is 0 Å². The van der Waals surface area contributed by atoms with E-state index in [1.54, 1.807) is 6.08 Å². The first-order valence-corrected chi connectivity index (χ1v) is 12.9. The molecule has 0 amide bonds. The SMILES string of the molecule is C=Cc1c(Br)c(Br)c(Oc2c(Br)c(Br)c(Br)c(Br)c2Br)c(Br)c1Br. The van der Waals surface area contributed by atoms with Crippen LogP contribution >= 0.6 is 143 Å². The minimum absolute atomic E-state index is 0.613. The van der Waals surface area contributed by atoms with Crippen molar-refractivity contribution in [3.8, 4) is 11.5 Å². The van der Waals surface area contributed by atoms with E-state index in [-0.39, 0.29) is 0 Å². The third-order valence-corrected chi connectivity index (χ3v) is 13.1. The lowest BCUT2D eigenvalue weighted by Gasteiger charge is -2.19. The molecule has 2 aromatic carbocycles. The van der Waals surface area contributed by atoms with Crippen LogP contribution in [-0.4, -0.2) is 0 Å². The Morgan fingerprint density at radius 3 is 1.12 bits per heavy atom. The molecule has 0 radical (unpaired) electrons. The van der Waals surface area contributed by atoms with Crippen LogP contribution in [0.3, 0.4) is 0 Å². The van der Waals surface area contributed by atoms with E-state index in [2.05, 4.69) is 150 Å². The molecule has 0 saturated heterocycles. The summed E-state index contributed by atoms with van der Waals surface area (Å²) in [6.45, 7) is 3.83. The average molecular weight is 906 g/mol. The quantitative estimate of drug-likeness (QED) is 0.220. The van der Waals surface area contributed by atoms with Gasteiger partial charge in [0, 0.05) is 19.0 Å². The Hall–Kier alpha value is 2.30. The summed E-state index contributed by atoms with van der Waals surface area (Å²) in [7, 11) is 0. The molecule has 10 heteroatoms. The van der Waals surface area contributed by atoms with E-state index in [1.165, 1.54) is 0 Å². The predicted molar refractivity (Wildman–Crippen MR) is 132 cm³/mol. The Morgan fingerprint density at radius 2 is 0.792 bits per heavy atom. The van der Waals surface area contributed by atoms with Crippen molar-refractivity contribution < 1.29 is 4.74 Å². The maximum atomic E-state index is 6.22. The maximum Gasteiger partial charge on any atom is 0.158 e. The van der Waals surface area contributed by atoms with Crippen molar-refractivity contribution in [2.45, 2.75) is 0 Å². The van der Waals surface area contributed by atoms with Crippen LogP contribution in [0, 0.1) is 0 Å². The summed E-state index contributed by atoms with van der Waals surface area (Å²) in [5.74, 6) is 1.23. The lowest BCUT2D eigenvalue weighted by atomic mass is 10.2. The van der Waals surface area contributed by atoms with Crippen LogP contribution in [0.2, 0.25) is 0 Å².